The minimum absolute atomic E-state index is 0.175. The number of piperidine rings is 1. The number of alkyl carbamates (subject to hydrolysis) is 1. The first-order valence-corrected chi connectivity index (χ1v) is 9.20. The highest BCUT2D eigenvalue weighted by molar-refractivity contribution is 5.86. The monoisotopic (exact) mass is 392 g/mol. The summed E-state index contributed by atoms with van der Waals surface area (Å²) in [5.74, 6) is -0.560. The van der Waals surface area contributed by atoms with Crippen molar-refractivity contribution in [2.24, 2.45) is 0 Å². The van der Waals surface area contributed by atoms with E-state index in [1.54, 1.807) is 20.8 Å². The number of carbonyl (C=O) groups is 3. The number of nitrogens with zero attached hydrogens (tertiary/aromatic N) is 1. The van der Waals surface area contributed by atoms with Gasteiger partial charge in [-0.05, 0) is 39.2 Å². The lowest BCUT2D eigenvalue weighted by Crippen LogP contribution is -2.61. The number of esters is 1. The Morgan fingerprint density at radius 2 is 1.71 bits per heavy atom. The van der Waals surface area contributed by atoms with Gasteiger partial charge in [0.05, 0.1) is 7.11 Å². The molecule has 154 valence electrons. The molecule has 1 aliphatic heterocycles. The Morgan fingerprint density at radius 3 is 2.25 bits per heavy atom. The van der Waals surface area contributed by atoms with Gasteiger partial charge in [-0.15, -0.1) is 0 Å². The van der Waals surface area contributed by atoms with Gasteiger partial charge in [0.15, 0.2) is 0 Å². The van der Waals surface area contributed by atoms with E-state index in [2.05, 4.69) is 5.32 Å². The molecule has 2 amide bonds. The van der Waals surface area contributed by atoms with Gasteiger partial charge in [0, 0.05) is 13.1 Å². The van der Waals surface area contributed by atoms with Gasteiger partial charge in [0.25, 0.3) is 0 Å². The predicted molar refractivity (Wildman–Crippen MR) is 102 cm³/mol. The molecule has 0 atom stereocenters. The fraction of sp³-hybridized carbons (Fsp3) is 0.550. The van der Waals surface area contributed by atoms with E-state index in [0.717, 1.165) is 5.56 Å². The van der Waals surface area contributed by atoms with Crippen LogP contribution in [-0.4, -0.2) is 54.4 Å². The van der Waals surface area contributed by atoms with Crippen LogP contribution in [0.1, 0.15) is 39.2 Å². The van der Waals surface area contributed by atoms with Gasteiger partial charge in [-0.2, -0.15) is 0 Å². The van der Waals surface area contributed by atoms with Gasteiger partial charge < -0.3 is 24.4 Å². The lowest BCUT2D eigenvalue weighted by Gasteiger charge is -2.39. The van der Waals surface area contributed by atoms with Crippen molar-refractivity contribution in [3.8, 4) is 0 Å². The van der Waals surface area contributed by atoms with Crippen LogP contribution in [-0.2, 0) is 25.6 Å². The number of nitrogens with one attached hydrogen (secondary N) is 1. The fourth-order valence-electron chi connectivity index (χ4n) is 2.96. The molecule has 8 nitrogen and oxygen atoms in total. The predicted octanol–water partition coefficient (Wildman–Crippen LogP) is 2.86. The summed E-state index contributed by atoms with van der Waals surface area (Å²) in [6.07, 6.45) is -0.740. The average molecular weight is 392 g/mol. The molecule has 1 fully saturated rings. The van der Waals surface area contributed by atoms with Gasteiger partial charge in [-0.25, -0.2) is 14.4 Å². The molecule has 0 spiro atoms. The molecule has 1 aromatic carbocycles. The maximum absolute atomic E-state index is 12.3. The molecule has 0 aromatic heterocycles. The lowest BCUT2D eigenvalue weighted by atomic mass is 9.87. The Balaban J connectivity index is 1.95. The highest BCUT2D eigenvalue weighted by Crippen LogP contribution is 2.25. The van der Waals surface area contributed by atoms with Crippen LogP contribution in [0.25, 0.3) is 0 Å². The van der Waals surface area contributed by atoms with Crippen LogP contribution in [0.5, 0.6) is 0 Å². The van der Waals surface area contributed by atoms with Crippen molar-refractivity contribution < 1.29 is 28.6 Å². The minimum atomic E-state index is -1.23. The van der Waals surface area contributed by atoms with Crippen molar-refractivity contribution in [2.75, 3.05) is 20.2 Å². The summed E-state index contributed by atoms with van der Waals surface area (Å²) < 4.78 is 15.5. The van der Waals surface area contributed by atoms with E-state index < -0.39 is 29.3 Å². The first kappa shape index (κ1) is 21.5. The maximum atomic E-state index is 12.3. The summed E-state index contributed by atoms with van der Waals surface area (Å²) in [6.45, 7) is 5.89. The zero-order valence-electron chi connectivity index (χ0n) is 16.8. The lowest BCUT2D eigenvalue weighted by molar-refractivity contribution is -0.150. The second kappa shape index (κ2) is 8.95. The van der Waals surface area contributed by atoms with Crippen LogP contribution in [0.4, 0.5) is 9.59 Å². The zero-order chi connectivity index (χ0) is 20.8. The fourth-order valence-corrected chi connectivity index (χ4v) is 2.96. The number of likely N-dealkylation sites (tertiary alicyclic amines) is 1. The van der Waals surface area contributed by atoms with Gasteiger partial charge in [-0.3, -0.25) is 0 Å². The number of carbonyl (C=O) groups excluding carboxylic acids is 3. The molecule has 1 heterocycles. The van der Waals surface area contributed by atoms with E-state index in [4.69, 9.17) is 14.2 Å². The molecule has 0 bridgehead atoms. The Kier molecular flexibility index (Phi) is 6.88. The Bertz CT molecular complexity index is 690. The highest BCUT2D eigenvalue weighted by atomic mass is 16.6. The number of rotatable bonds is 4. The molecule has 1 N–H and O–H groups in total. The third kappa shape index (κ3) is 5.87. The van der Waals surface area contributed by atoms with Crippen LogP contribution < -0.4 is 5.32 Å². The van der Waals surface area contributed by atoms with Crippen molar-refractivity contribution in [2.45, 2.75) is 51.4 Å². The molecule has 2 rings (SSSR count). The zero-order valence-corrected chi connectivity index (χ0v) is 16.8. The van der Waals surface area contributed by atoms with E-state index in [9.17, 15) is 14.4 Å². The average Bonchev–Trinajstić information content (AvgIpc) is 2.65. The van der Waals surface area contributed by atoms with Crippen LogP contribution >= 0.6 is 0 Å². The Labute approximate surface area is 165 Å². The summed E-state index contributed by atoms with van der Waals surface area (Å²) in [5, 5.41) is 2.64. The summed E-state index contributed by atoms with van der Waals surface area (Å²) in [6, 6.07) is 9.38. The van der Waals surface area contributed by atoms with Crippen LogP contribution in [0.2, 0.25) is 0 Å². The van der Waals surface area contributed by atoms with E-state index in [0.29, 0.717) is 0 Å². The molecular weight excluding hydrogens is 364 g/mol. The smallest absolute Gasteiger partial charge is 0.410 e. The van der Waals surface area contributed by atoms with E-state index in [-0.39, 0.29) is 32.5 Å². The number of benzene rings is 1. The summed E-state index contributed by atoms with van der Waals surface area (Å²) >= 11 is 0. The van der Waals surface area contributed by atoms with Crippen molar-refractivity contribution in [1.29, 1.82) is 0 Å². The van der Waals surface area contributed by atoms with E-state index in [1.807, 2.05) is 30.3 Å². The number of amides is 2. The molecule has 0 unspecified atom stereocenters. The SMILES string of the molecule is COC(=O)C1(NC(=O)OC(C)(C)C)CCN(C(=O)OCc2ccccc2)CC1. The van der Waals surface area contributed by atoms with Crippen LogP contribution in [0.3, 0.4) is 0 Å². The standard InChI is InChI=1S/C20H28N2O6/c1-19(2,3)28-17(24)21-20(16(23)26-4)10-12-22(13-11-20)18(25)27-14-15-8-6-5-7-9-15/h5-9H,10-14H2,1-4H3,(H,21,24). The molecule has 0 aliphatic carbocycles. The minimum Gasteiger partial charge on any atom is -0.467 e. The third-order valence-corrected chi connectivity index (χ3v) is 4.40. The quantitative estimate of drug-likeness (QED) is 0.625. The van der Waals surface area contributed by atoms with Crippen molar-refractivity contribution >= 4 is 18.2 Å². The van der Waals surface area contributed by atoms with Gasteiger partial charge in [0.2, 0.25) is 0 Å². The second-order valence-electron chi connectivity index (χ2n) is 7.73. The number of hydrogen-bond acceptors (Lipinski definition) is 6. The second-order valence-corrected chi connectivity index (χ2v) is 7.73. The summed E-state index contributed by atoms with van der Waals surface area (Å²) in [7, 11) is 1.27. The van der Waals surface area contributed by atoms with Crippen LogP contribution in [0, 0.1) is 0 Å². The molecule has 1 aliphatic rings. The maximum Gasteiger partial charge on any atom is 0.410 e. The summed E-state index contributed by atoms with van der Waals surface area (Å²) in [5.41, 5.74) is -1.03. The number of hydrogen-bond donors (Lipinski definition) is 1. The Morgan fingerprint density at radius 1 is 1.11 bits per heavy atom. The van der Waals surface area contributed by atoms with Gasteiger partial charge in [0.1, 0.15) is 17.7 Å². The molecule has 1 saturated heterocycles. The first-order chi connectivity index (χ1) is 13.1. The third-order valence-electron chi connectivity index (χ3n) is 4.40. The van der Waals surface area contributed by atoms with Crippen molar-refractivity contribution in [1.82, 2.24) is 10.2 Å². The summed E-state index contributed by atoms with van der Waals surface area (Å²) in [4.78, 5) is 38.4. The van der Waals surface area contributed by atoms with Crippen molar-refractivity contribution in [3.05, 3.63) is 35.9 Å². The molecule has 0 saturated carbocycles. The number of methoxy groups -OCH3 is 1. The highest BCUT2D eigenvalue weighted by Gasteiger charge is 2.45. The molecule has 8 heteroatoms. The molecule has 28 heavy (non-hydrogen) atoms. The largest absolute Gasteiger partial charge is 0.467 e. The normalized spacial score (nSPS) is 16.1. The molecular formula is C20H28N2O6. The first-order valence-electron chi connectivity index (χ1n) is 9.20. The molecule has 1 aromatic rings. The van der Waals surface area contributed by atoms with E-state index in [1.165, 1.54) is 12.0 Å². The number of ether oxygens (including phenoxy) is 3. The molecule has 0 radical (unpaired) electrons. The Hall–Kier alpha value is -2.77. The van der Waals surface area contributed by atoms with Crippen molar-refractivity contribution in [3.63, 3.8) is 0 Å². The van der Waals surface area contributed by atoms with Gasteiger partial charge >= 0.3 is 18.2 Å². The topological polar surface area (TPSA) is 94.2 Å². The van der Waals surface area contributed by atoms with Gasteiger partial charge in [-0.1, -0.05) is 30.3 Å². The van der Waals surface area contributed by atoms with Crippen LogP contribution in [0.15, 0.2) is 30.3 Å². The van der Waals surface area contributed by atoms with E-state index >= 15 is 0 Å².